The van der Waals surface area contributed by atoms with Crippen LogP contribution in [0, 0.1) is 5.41 Å². The van der Waals surface area contributed by atoms with Gasteiger partial charge in [-0.2, -0.15) is 0 Å². The summed E-state index contributed by atoms with van der Waals surface area (Å²) in [4.78, 5) is 27.2. The van der Waals surface area contributed by atoms with E-state index in [0.29, 0.717) is 18.8 Å². The van der Waals surface area contributed by atoms with Crippen LogP contribution in [0.1, 0.15) is 26.3 Å². The molecule has 1 N–H and O–H groups in total. The molecule has 2 rings (SSSR count). The average Bonchev–Trinajstić information content (AvgIpc) is 2.60. The molecule has 24 heavy (non-hydrogen) atoms. The summed E-state index contributed by atoms with van der Waals surface area (Å²) in [5.74, 6) is -0.479. The highest BCUT2D eigenvalue weighted by Crippen LogP contribution is 2.23. The fraction of sp³-hybridized carbons (Fsp3) is 0.300. The lowest BCUT2D eigenvalue weighted by molar-refractivity contribution is -0.146. The van der Waals surface area contributed by atoms with Gasteiger partial charge in [0.25, 0.3) is 0 Å². The quantitative estimate of drug-likeness (QED) is 0.824. The second kappa shape index (κ2) is 7.77. The molecule has 0 aliphatic heterocycles. The van der Waals surface area contributed by atoms with E-state index in [0.717, 1.165) is 5.56 Å². The number of nitrogens with zero attached hydrogens (tertiary/aromatic N) is 1. The van der Waals surface area contributed by atoms with Gasteiger partial charge in [0.15, 0.2) is 0 Å². The van der Waals surface area contributed by atoms with Crippen LogP contribution < -0.4 is 5.32 Å². The summed E-state index contributed by atoms with van der Waals surface area (Å²) in [5, 5.41) is 2.82. The Kier molecular flexibility index (Phi) is 5.74. The van der Waals surface area contributed by atoms with Crippen LogP contribution in [0.5, 0.6) is 0 Å². The molecule has 0 aliphatic carbocycles. The number of benzene rings is 2. The van der Waals surface area contributed by atoms with Gasteiger partial charge in [0.2, 0.25) is 11.8 Å². The molecule has 0 radical (unpaired) electrons. The molecule has 2 amide bonds. The predicted octanol–water partition coefficient (Wildman–Crippen LogP) is 3.70. The first-order valence-corrected chi connectivity index (χ1v) is 8.15. The zero-order valence-electron chi connectivity index (χ0n) is 14.5. The minimum absolute atomic E-state index is 0.178. The minimum Gasteiger partial charge on any atom is -0.338 e. The lowest BCUT2D eigenvalue weighted by atomic mass is 9.90. The van der Waals surface area contributed by atoms with Gasteiger partial charge in [-0.05, 0) is 38.5 Å². The van der Waals surface area contributed by atoms with Crippen molar-refractivity contribution in [3.8, 4) is 0 Å². The fourth-order valence-electron chi connectivity index (χ4n) is 2.43. The first kappa shape index (κ1) is 17.7. The van der Waals surface area contributed by atoms with Crippen molar-refractivity contribution in [2.45, 2.75) is 27.3 Å². The number of anilines is 1. The summed E-state index contributed by atoms with van der Waals surface area (Å²) in [6.07, 6.45) is 0. The molecule has 0 fully saturated rings. The Labute approximate surface area is 143 Å². The summed E-state index contributed by atoms with van der Waals surface area (Å²) in [6.45, 7) is 6.31. The highest BCUT2D eigenvalue weighted by molar-refractivity contribution is 6.09. The summed E-state index contributed by atoms with van der Waals surface area (Å²) in [5.41, 5.74) is 0.599. The number of hydrogen-bond acceptors (Lipinski definition) is 2. The van der Waals surface area contributed by atoms with Crippen LogP contribution in [0.15, 0.2) is 60.7 Å². The number of rotatable bonds is 6. The monoisotopic (exact) mass is 324 g/mol. The maximum atomic E-state index is 12.9. The van der Waals surface area contributed by atoms with E-state index >= 15 is 0 Å². The standard InChI is InChI=1S/C20H24N2O2/c1-4-22(15-16-11-7-5-8-12-16)19(24)20(2,3)18(23)21-17-13-9-6-10-14-17/h5-14H,4,15H2,1-3H3,(H,21,23). The molecule has 4 heteroatoms. The fourth-order valence-corrected chi connectivity index (χ4v) is 2.43. The van der Waals surface area contributed by atoms with Crippen molar-refractivity contribution in [2.24, 2.45) is 5.41 Å². The van der Waals surface area contributed by atoms with Crippen molar-refractivity contribution in [1.82, 2.24) is 4.90 Å². The van der Waals surface area contributed by atoms with Gasteiger partial charge in [-0.1, -0.05) is 48.5 Å². The number of para-hydroxylation sites is 1. The zero-order valence-corrected chi connectivity index (χ0v) is 14.5. The number of amides is 2. The van der Waals surface area contributed by atoms with Crippen LogP contribution >= 0.6 is 0 Å². The van der Waals surface area contributed by atoms with Crippen molar-refractivity contribution in [3.05, 3.63) is 66.2 Å². The van der Waals surface area contributed by atoms with Gasteiger partial charge < -0.3 is 10.2 Å². The van der Waals surface area contributed by atoms with Crippen molar-refractivity contribution in [3.63, 3.8) is 0 Å². The molecule has 2 aromatic rings. The van der Waals surface area contributed by atoms with Crippen LogP contribution in [-0.4, -0.2) is 23.3 Å². The van der Waals surface area contributed by atoms with E-state index in [2.05, 4.69) is 5.32 Å². The van der Waals surface area contributed by atoms with E-state index in [1.54, 1.807) is 30.9 Å². The Bertz CT molecular complexity index is 681. The molecule has 0 spiro atoms. The highest BCUT2D eigenvalue weighted by atomic mass is 16.2. The minimum atomic E-state index is -1.14. The number of carbonyl (C=O) groups is 2. The Balaban J connectivity index is 2.10. The predicted molar refractivity (Wildman–Crippen MR) is 96.4 cm³/mol. The van der Waals surface area contributed by atoms with Crippen molar-refractivity contribution in [2.75, 3.05) is 11.9 Å². The molecular weight excluding hydrogens is 300 g/mol. The zero-order chi connectivity index (χ0) is 17.6. The lowest BCUT2D eigenvalue weighted by Crippen LogP contribution is -2.47. The van der Waals surface area contributed by atoms with Gasteiger partial charge in [-0.25, -0.2) is 0 Å². The van der Waals surface area contributed by atoms with Gasteiger partial charge in [-0.3, -0.25) is 9.59 Å². The first-order valence-electron chi connectivity index (χ1n) is 8.15. The van der Waals surface area contributed by atoms with Crippen LogP contribution in [0.3, 0.4) is 0 Å². The van der Waals surface area contributed by atoms with Crippen molar-refractivity contribution < 1.29 is 9.59 Å². The Hall–Kier alpha value is -2.62. The number of nitrogens with one attached hydrogen (secondary N) is 1. The van der Waals surface area contributed by atoms with E-state index in [4.69, 9.17) is 0 Å². The Morgan fingerprint density at radius 3 is 2.04 bits per heavy atom. The summed E-state index contributed by atoms with van der Waals surface area (Å²) in [6, 6.07) is 19.0. The van der Waals surface area contributed by atoms with Crippen LogP contribution in [0.4, 0.5) is 5.69 Å². The molecule has 126 valence electrons. The van der Waals surface area contributed by atoms with Gasteiger partial charge >= 0.3 is 0 Å². The van der Waals surface area contributed by atoms with Crippen LogP contribution in [0.2, 0.25) is 0 Å². The van der Waals surface area contributed by atoms with Crippen LogP contribution in [-0.2, 0) is 16.1 Å². The van der Waals surface area contributed by atoms with Crippen molar-refractivity contribution >= 4 is 17.5 Å². The van der Waals surface area contributed by atoms with Crippen LogP contribution in [0.25, 0.3) is 0 Å². The largest absolute Gasteiger partial charge is 0.338 e. The Morgan fingerprint density at radius 1 is 0.958 bits per heavy atom. The molecular formula is C20H24N2O2. The van der Waals surface area contributed by atoms with E-state index in [9.17, 15) is 9.59 Å². The molecule has 0 aliphatic rings. The molecule has 2 aromatic carbocycles. The third-order valence-corrected chi connectivity index (χ3v) is 4.02. The summed E-state index contributed by atoms with van der Waals surface area (Å²) in [7, 11) is 0. The molecule has 0 saturated heterocycles. The van der Waals surface area contributed by atoms with Gasteiger partial charge in [0.1, 0.15) is 5.41 Å². The van der Waals surface area contributed by atoms with E-state index in [1.807, 2.05) is 55.5 Å². The molecule has 0 aromatic heterocycles. The summed E-state index contributed by atoms with van der Waals surface area (Å²) < 4.78 is 0. The average molecular weight is 324 g/mol. The smallest absolute Gasteiger partial charge is 0.239 e. The second-order valence-electron chi connectivity index (χ2n) is 6.25. The maximum Gasteiger partial charge on any atom is 0.239 e. The third kappa shape index (κ3) is 4.22. The lowest BCUT2D eigenvalue weighted by Gasteiger charge is -2.30. The normalized spacial score (nSPS) is 11.0. The molecule has 0 saturated carbocycles. The molecule has 4 nitrogen and oxygen atoms in total. The maximum absolute atomic E-state index is 12.9. The van der Waals surface area contributed by atoms with E-state index in [-0.39, 0.29) is 11.8 Å². The molecule has 0 heterocycles. The SMILES string of the molecule is CCN(Cc1ccccc1)C(=O)C(C)(C)C(=O)Nc1ccccc1. The Morgan fingerprint density at radius 2 is 1.50 bits per heavy atom. The summed E-state index contributed by atoms with van der Waals surface area (Å²) >= 11 is 0. The molecule has 0 atom stereocenters. The molecule has 0 bridgehead atoms. The van der Waals surface area contributed by atoms with E-state index in [1.165, 1.54) is 0 Å². The van der Waals surface area contributed by atoms with Gasteiger partial charge in [0.05, 0.1) is 0 Å². The topological polar surface area (TPSA) is 49.4 Å². The number of carbonyl (C=O) groups excluding carboxylic acids is 2. The van der Waals surface area contributed by atoms with Crippen molar-refractivity contribution in [1.29, 1.82) is 0 Å². The van der Waals surface area contributed by atoms with E-state index < -0.39 is 5.41 Å². The highest BCUT2D eigenvalue weighted by Gasteiger charge is 2.38. The van der Waals surface area contributed by atoms with Gasteiger partial charge in [-0.15, -0.1) is 0 Å². The molecule has 0 unspecified atom stereocenters. The van der Waals surface area contributed by atoms with Gasteiger partial charge in [0, 0.05) is 18.8 Å². The second-order valence-corrected chi connectivity index (χ2v) is 6.25. The third-order valence-electron chi connectivity index (χ3n) is 4.02. The number of hydrogen-bond donors (Lipinski definition) is 1. The first-order chi connectivity index (χ1) is 11.4.